The van der Waals surface area contributed by atoms with Crippen LogP contribution in [0.4, 0.5) is 0 Å². The number of likely N-dealkylation sites (tertiary alicyclic amines) is 1. The van der Waals surface area contributed by atoms with Gasteiger partial charge >= 0.3 is 0 Å². The third-order valence-corrected chi connectivity index (χ3v) is 4.24. The van der Waals surface area contributed by atoms with E-state index in [-0.39, 0.29) is 11.8 Å². The molecular weight excluding hydrogens is 306 g/mol. The predicted molar refractivity (Wildman–Crippen MR) is 91.0 cm³/mol. The highest BCUT2D eigenvalue weighted by Crippen LogP contribution is 2.28. The maximum Gasteiger partial charge on any atom is 0.223 e. The summed E-state index contributed by atoms with van der Waals surface area (Å²) in [7, 11) is 1.65. The molecule has 2 aromatic rings. The molecule has 0 saturated carbocycles. The van der Waals surface area contributed by atoms with Crippen LogP contribution >= 0.6 is 0 Å². The van der Waals surface area contributed by atoms with Crippen molar-refractivity contribution in [2.45, 2.75) is 19.3 Å². The third-order valence-electron chi connectivity index (χ3n) is 4.24. The number of methoxy groups -OCH3 is 1. The minimum Gasteiger partial charge on any atom is -0.494 e. The molecule has 1 aliphatic rings. The average molecular weight is 329 g/mol. The second kappa shape index (κ2) is 7.49. The number of aromatic nitrogens is 2. The molecule has 6 nitrogen and oxygen atoms in total. The van der Waals surface area contributed by atoms with Crippen LogP contribution in [0.5, 0.6) is 5.75 Å². The van der Waals surface area contributed by atoms with Crippen molar-refractivity contribution in [3.63, 3.8) is 0 Å². The average Bonchev–Trinajstić information content (AvgIpc) is 3.21. The Kier molecular flexibility index (Phi) is 5.15. The summed E-state index contributed by atoms with van der Waals surface area (Å²) in [6.07, 6.45) is 2.33. The molecule has 0 bridgehead atoms. The molecule has 1 unspecified atom stereocenters. The van der Waals surface area contributed by atoms with E-state index in [0.29, 0.717) is 32.7 Å². The lowest BCUT2D eigenvalue weighted by molar-refractivity contribution is -0.128. The van der Waals surface area contributed by atoms with Crippen molar-refractivity contribution in [3.8, 4) is 17.0 Å². The van der Waals surface area contributed by atoms with Crippen LogP contribution in [0.1, 0.15) is 25.1 Å². The van der Waals surface area contributed by atoms with Gasteiger partial charge in [-0.3, -0.25) is 4.79 Å². The maximum absolute atomic E-state index is 12.1. The van der Waals surface area contributed by atoms with E-state index >= 15 is 0 Å². The second-order valence-electron chi connectivity index (χ2n) is 5.87. The molecule has 1 aromatic heterocycles. The highest BCUT2D eigenvalue weighted by atomic mass is 16.5. The topological polar surface area (TPSA) is 67.4 Å². The number of nitrogens with zero attached hydrogens (tertiary/aromatic N) is 2. The van der Waals surface area contributed by atoms with Crippen molar-refractivity contribution >= 4 is 5.91 Å². The molecule has 24 heavy (non-hydrogen) atoms. The molecule has 1 N–H and O–H groups in total. The molecule has 1 atom stereocenters. The Morgan fingerprint density at radius 2 is 2.12 bits per heavy atom. The Balaban J connectivity index is 1.68. The zero-order valence-electron chi connectivity index (χ0n) is 14.1. The van der Waals surface area contributed by atoms with Crippen LogP contribution in [0.25, 0.3) is 11.3 Å². The molecule has 3 rings (SSSR count). The fourth-order valence-corrected chi connectivity index (χ4v) is 2.96. The van der Waals surface area contributed by atoms with Crippen LogP contribution in [0.2, 0.25) is 0 Å². The van der Waals surface area contributed by atoms with Crippen molar-refractivity contribution in [3.05, 3.63) is 36.3 Å². The number of carbonyl (C=O) groups is 1. The fraction of sp³-hybridized carbons (Fsp3) is 0.444. The molecule has 0 spiro atoms. The Morgan fingerprint density at radius 3 is 2.83 bits per heavy atom. The lowest BCUT2D eigenvalue weighted by Crippen LogP contribution is -2.28. The SMILES string of the molecule is CCOc1ccc(-c2cnc(C3CC(=O)N(CCOC)C3)[nH]2)cc1. The van der Waals surface area contributed by atoms with Crippen LogP contribution in [0, 0.1) is 0 Å². The molecule has 1 aliphatic heterocycles. The normalized spacial score (nSPS) is 17.5. The maximum atomic E-state index is 12.1. The van der Waals surface area contributed by atoms with Crippen LogP contribution in [0.15, 0.2) is 30.5 Å². The van der Waals surface area contributed by atoms with E-state index in [0.717, 1.165) is 22.8 Å². The number of rotatable bonds is 7. The summed E-state index contributed by atoms with van der Waals surface area (Å²) in [5.41, 5.74) is 2.01. The number of aromatic amines is 1. The number of imidazole rings is 1. The number of ether oxygens (including phenoxy) is 2. The van der Waals surface area contributed by atoms with E-state index in [9.17, 15) is 4.79 Å². The summed E-state index contributed by atoms with van der Waals surface area (Å²) in [6.45, 7) is 4.52. The minimum atomic E-state index is 0.116. The minimum absolute atomic E-state index is 0.116. The number of H-pyrrole nitrogens is 1. The van der Waals surface area contributed by atoms with Gasteiger partial charge in [0.15, 0.2) is 0 Å². The number of carbonyl (C=O) groups excluding carboxylic acids is 1. The number of hydrogen-bond donors (Lipinski definition) is 1. The van der Waals surface area contributed by atoms with Crippen LogP contribution < -0.4 is 4.74 Å². The van der Waals surface area contributed by atoms with Gasteiger partial charge in [-0.15, -0.1) is 0 Å². The van der Waals surface area contributed by atoms with Gasteiger partial charge in [0.1, 0.15) is 11.6 Å². The first-order valence-electron chi connectivity index (χ1n) is 8.26. The second-order valence-corrected chi connectivity index (χ2v) is 5.87. The Bertz CT molecular complexity index is 681. The largest absolute Gasteiger partial charge is 0.494 e. The monoisotopic (exact) mass is 329 g/mol. The van der Waals surface area contributed by atoms with E-state index in [2.05, 4.69) is 9.97 Å². The first kappa shape index (κ1) is 16.5. The summed E-state index contributed by atoms with van der Waals surface area (Å²) in [4.78, 5) is 21.7. The summed E-state index contributed by atoms with van der Waals surface area (Å²) in [5, 5.41) is 0. The van der Waals surface area contributed by atoms with Crippen molar-refractivity contribution < 1.29 is 14.3 Å². The van der Waals surface area contributed by atoms with E-state index in [1.165, 1.54) is 0 Å². The van der Waals surface area contributed by atoms with E-state index in [4.69, 9.17) is 9.47 Å². The van der Waals surface area contributed by atoms with Gasteiger partial charge < -0.3 is 19.4 Å². The van der Waals surface area contributed by atoms with Crippen molar-refractivity contribution in [2.24, 2.45) is 0 Å². The molecule has 128 valence electrons. The van der Waals surface area contributed by atoms with Crippen LogP contribution in [-0.4, -0.2) is 54.2 Å². The highest BCUT2D eigenvalue weighted by molar-refractivity contribution is 5.79. The Labute approximate surface area is 141 Å². The van der Waals surface area contributed by atoms with Gasteiger partial charge in [-0.1, -0.05) is 0 Å². The van der Waals surface area contributed by atoms with Crippen molar-refractivity contribution in [1.29, 1.82) is 0 Å². The van der Waals surface area contributed by atoms with Gasteiger partial charge in [0, 0.05) is 32.5 Å². The number of hydrogen-bond acceptors (Lipinski definition) is 4. The number of benzene rings is 1. The first-order chi connectivity index (χ1) is 11.7. The fourth-order valence-electron chi connectivity index (χ4n) is 2.96. The quantitative estimate of drug-likeness (QED) is 0.847. The van der Waals surface area contributed by atoms with Gasteiger partial charge in [-0.25, -0.2) is 4.98 Å². The molecule has 2 heterocycles. The lowest BCUT2D eigenvalue weighted by atomic mass is 10.1. The van der Waals surface area contributed by atoms with Crippen LogP contribution in [-0.2, 0) is 9.53 Å². The van der Waals surface area contributed by atoms with Gasteiger partial charge in [-0.2, -0.15) is 0 Å². The lowest BCUT2D eigenvalue weighted by Gasteiger charge is -2.15. The van der Waals surface area contributed by atoms with Crippen molar-refractivity contribution in [1.82, 2.24) is 14.9 Å². The molecule has 0 radical (unpaired) electrons. The zero-order chi connectivity index (χ0) is 16.9. The molecule has 1 fully saturated rings. The standard InChI is InChI=1S/C18H23N3O3/c1-3-24-15-6-4-13(5-7-15)16-11-19-18(20-16)14-10-17(22)21(12-14)8-9-23-2/h4-7,11,14H,3,8-10,12H2,1-2H3,(H,19,20). The molecule has 0 aliphatic carbocycles. The summed E-state index contributed by atoms with van der Waals surface area (Å²) < 4.78 is 10.5. The van der Waals surface area contributed by atoms with E-state index in [1.807, 2.05) is 42.3 Å². The van der Waals surface area contributed by atoms with Gasteiger partial charge in [0.05, 0.1) is 25.1 Å². The molecule has 6 heteroatoms. The van der Waals surface area contributed by atoms with E-state index in [1.54, 1.807) is 7.11 Å². The van der Waals surface area contributed by atoms with Crippen molar-refractivity contribution in [2.75, 3.05) is 33.4 Å². The summed E-state index contributed by atoms with van der Waals surface area (Å²) in [5.74, 6) is 2.00. The summed E-state index contributed by atoms with van der Waals surface area (Å²) >= 11 is 0. The molecular formula is C18H23N3O3. The predicted octanol–water partition coefficient (Wildman–Crippen LogP) is 2.44. The Morgan fingerprint density at radius 1 is 1.33 bits per heavy atom. The van der Waals surface area contributed by atoms with Gasteiger partial charge in [0.2, 0.25) is 5.91 Å². The Hall–Kier alpha value is -2.34. The summed E-state index contributed by atoms with van der Waals surface area (Å²) in [6, 6.07) is 7.91. The molecule has 1 amide bonds. The van der Waals surface area contributed by atoms with Gasteiger partial charge in [0.25, 0.3) is 0 Å². The number of amides is 1. The zero-order valence-corrected chi connectivity index (χ0v) is 14.1. The molecule has 1 saturated heterocycles. The first-order valence-corrected chi connectivity index (χ1v) is 8.26. The number of nitrogens with one attached hydrogen (secondary N) is 1. The smallest absolute Gasteiger partial charge is 0.223 e. The van der Waals surface area contributed by atoms with Crippen LogP contribution in [0.3, 0.4) is 0 Å². The third kappa shape index (κ3) is 3.59. The van der Waals surface area contributed by atoms with E-state index < -0.39 is 0 Å². The molecule has 1 aromatic carbocycles. The highest BCUT2D eigenvalue weighted by Gasteiger charge is 2.32. The van der Waals surface area contributed by atoms with Gasteiger partial charge in [-0.05, 0) is 36.8 Å².